The maximum absolute atomic E-state index is 12.2. The van der Waals surface area contributed by atoms with Crippen LogP contribution in [0.5, 0.6) is 0 Å². The molecule has 2 aromatic rings. The molecule has 2 aromatic carbocycles. The normalized spacial score (nSPS) is 12.3. The minimum atomic E-state index is 0. The van der Waals surface area contributed by atoms with Crippen molar-refractivity contribution >= 4 is 11.4 Å². The van der Waals surface area contributed by atoms with E-state index in [9.17, 15) is 5.53 Å². The van der Waals surface area contributed by atoms with Gasteiger partial charge in [0.2, 0.25) is 11.4 Å². The van der Waals surface area contributed by atoms with Gasteiger partial charge in [-0.05, 0) is 118 Å². The van der Waals surface area contributed by atoms with Crippen molar-refractivity contribution in [1.29, 1.82) is 0 Å². The fourth-order valence-electron chi connectivity index (χ4n) is 13.9. The molecule has 3 rings (SSSR count). The topological polar surface area (TPSA) is 25.3 Å². The molecule has 0 atom stereocenters. The summed E-state index contributed by atoms with van der Waals surface area (Å²) in [5.74, 6) is 0. The van der Waals surface area contributed by atoms with Crippen LogP contribution in [0.25, 0.3) is 16.9 Å². The van der Waals surface area contributed by atoms with Gasteiger partial charge in [-0.2, -0.15) is 12.8 Å². The van der Waals surface area contributed by atoms with Crippen molar-refractivity contribution in [3.63, 3.8) is 0 Å². The van der Waals surface area contributed by atoms with Crippen LogP contribution in [0.15, 0.2) is 59.7 Å². The second kappa shape index (κ2) is 70.8. The van der Waals surface area contributed by atoms with Gasteiger partial charge in [-0.3, -0.25) is 0 Å². The van der Waals surface area contributed by atoms with E-state index in [0.29, 0.717) is 0 Å². The third-order valence-electron chi connectivity index (χ3n) is 20.1. The van der Waals surface area contributed by atoms with Crippen LogP contribution in [0.1, 0.15) is 468 Å². The Morgan fingerprint density at radius 2 is 0.500 bits per heavy atom. The number of hydrogen-bond donors (Lipinski definition) is 0. The maximum atomic E-state index is 12.2. The number of nitrogens with zero attached hydrogens (tertiary/aromatic N) is 2. The first-order chi connectivity index (χ1) is 45.8. The molecule has 546 valence electrons. The summed E-state index contributed by atoms with van der Waals surface area (Å²) < 4.78 is 1.56. The van der Waals surface area contributed by atoms with Crippen LogP contribution in [0.2, 0.25) is 0 Å². The van der Waals surface area contributed by atoms with E-state index in [4.69, 9.17) is 0 Å². The van der Waals surface area contributed by atoms with E-state index in [1.54, 1.807) is 4.70 Å². The van der Waals surface area contributed by atoms with Gasteiger partial charge in [0.1, 0.15) is 0 Å². The third kappa shape index (κ3) is 51.1. The van der Waals surface area contributed by atoms with Crippen molar-refractivity contribution in [3.05, 3.63) is 112 Å². The first kappa shape index (κ1) is 91.9. The summed E-state index contributed by atoms with van der Waals surface area (Å²) in [6, 6.07) is 14.3. The second-order valence-electron chi connectivity index (χ2n) is 29.3. The summed E-state index contributed by atoms with van der Waals surface area (Å²) in [6.07, 6.45) is 90.9. The van der Waals surface area contributed by atoms with Gasteiger partial charge in [-0.25, -0.2) is 4.70 Å². The molecule has 1 aliphatic rings. The molecule has 0 saturated carbocycles. The van der Waals surface area contributed by atoms with Gasteiger partial charge in [0.25, 0.3) is 0 Å². The second-order valence-corrected chi connectivity index (χ2v) is 29.3. The Morgan fingerprint density at radius 3 is 0.734 bits per heavy atom. The molecule has 0 aromatic heterocycles. The molecule has 0 N–H and O–H groups in total. The summed E-state index contributed by atoms with van der Waals surface area (Å²) in [5, 5.41) is 0. The smallest absolute Gasteiger partial charge is 0.493 e. The first-order valence-electron chi connectivity index (χ1n) is 42.3. The number of unbranched alkanes of at least 4 members (excludes halogenated alkanes) is 52. The SMILES string of the molecule is CCCCCCCCCCCCC=CC1=C(c2cc(CCCC)cc(CCCC)c2)[N+](=[N-])C(c2cc(CCCC)cc(CCCC)c2)=C1C.[CH2-]CCCCCCCCCCCCCCCCCCCCC.[CH2-]CCCCCCCCCCCCCCCCCCCCC.[Pd+2]. The van der Waals surface area contributed by atoms with Crippen molar-refractivity contribution in [3.8, 4) is 0 Å². The van der Waals surface area contributed by atoms with Gasteiger partial charge in [0, 0.05) is 16.7 Å². The van der Waals surface area contributed by atoms with Gasteiger partial charge in [-0.15, -0.1) is 0 Å². The van der Waals surface area contributed by atoms with Crippen molar-refractivity contribution in [2.24, 2.45) is 0 Å². The summed E-state index contributed by atoms with van der Waals surface area (Å²) in [6.45, 7) is 26.0. The quantitative estimate of drug-likeness (QED) is 0.0273. The fourth-order valence-corrected chi connectivity index (χ4v) is 13.9. The molecule has 1 aliphatic heterocycles. The van der Waals surface area contributed by atoms with Gasteiger partial charge in [0.05, 0.1) is 5.57 Å². The molecular weight excluding hydrogens is 1230 g/mol. The van der Waals surface area contributed by atoms with Gasteiger partial charge >= 0.3 is 20.4 Å². The standard InChI is InChI=1S/C47H72N2.2C22H45.Pd/c1-7-12-17-18-19-20-21-22-23-24-25-26-31-45-38(6)46(43-34-39(27-13-8-2)32-40(35-43)28-14-9-3)49(48)47(45)44-36-41(29-15-10-4)33-42(37-44)30-16-11-5;2*1-3-5-7-9-11-13-15-17-19-21-22-20-18-16-14-12-10-8-6-4-2;/h26,31-37H,7-25,27-30H2,1-6H3;2*1,3-22H2,2H3;/q;2*-1;+2. The molecule has 94 heavy (non-hydrogen) atoms. The van der Waals surface area contributed by atoms with Crippen molar-refractivity contribution in [2.45, 2.75) is 460 Å². The van der Waals surface area contributed by atoms with Crippen LogP contribution in [-0.2, 0) is 46.1 Å². The molecule has 0 saturated heterocycles. The van der Waals surface area contributed by atoms with Crippen LogP contribution in [0, 0.1) is 13.8 Å². The van der Waals surface area contributed by atoms with Crippen LogP contribution in [0.3, 0.4) is 0 Å². The van der Waals surface area contributed by atoms with E-state index >= 15 is 0 Å². The predicted octanol–water partition coefficient (Wildman–Crippen LogP) is 32.4. The van der Waals surface area contributed by atoms with E-state index < -0.39 is 0 Å². The minimum Gasteiger partial charge on any atom is -0.493 e. The Hall–Kier alpha value is -2.08. The molecule has 0 unspecified atom stereocenters. The van der Waals surface area contributed by atoms with Crippen molar-refractivity contribution in [1.82, 2.24) is 0 Å². The number of aryl methyl sites for hydroxylation is 4. The Labute approximate surface area is 604 Å². The molecule has 0 bridgehead atoms. The summed E-state index contributed by atoms with van der Waals surface area (Å²) in [7, 11) is 0. The molecule has 2 nitrogen and oxygen atoms in total. The minimum absolute atomic E-state index is 0. The fraction of sp³-hybridized carbons (Fsp3) is 0.780. The molecule has 0 spiro atoms. The molecular formula is C91H162N2Pd. The van der Waals surface area contributed by atoms with Gasteiger partial charge < -0.3 is 19.4 Å². The van der Waals surface area contributed by atoms with E-state index in [1.165, 1.54) is 393 Å². The summed E-state index contributed by atoms with van der Waals surface area (Å²) >= 11 is 0. The third-order valence-corrected chi connectivity index (χ3v) is 20.1. The average molecular weight is 1390 g/mol. The number of rotatable bonds is 64. The Kier molecular flexibility index (Phi) is 69.2. The van der Waals surface area contributed by atoms with Crippen LogP contribution >= 0.6 is 0 Å². The van der Waals surface area contributed by atoms with E-state index in [1.807, 2.05) is 0 Å². The van der Waals surface area contributed by atoms with Gasteiger partial charge in [0.15, 0.2) is 0 Å². The molecule has 0 amide bonds. The largest absolute Gasteiger partial charge is 2.00 e. The van der Waals surface area contributed by atoms with E-state index in [0.717, 1.165) is 67.5 Å². The van der Waals surface area contributed by atoms with Crippen LogP contribution < -0.4 is 0 Å². The van der Waals surface area contributed by atoms with E-state index in [2.05, 4.69) is 118 Å². The summed E-state index contributed by atoms with van der Waals surface area (Å²) in [5.41, 5.74) is 24.4. The molecule has 0 radical (unpaired) electrons. The first-order valence-corrected chi connectivity index (χ1v) is 42.3. The Morgan fingerprint density at radius 1 is 0.287 bits per heavy atom. The predicted molar refractivity (Wildman–Crippen MR) is 423 cm³/mol. The molecule has 0 fully saturated rings. The Bertz CT molecular complexity index is 1920. The zero-order chi connectivity index (χ0) is 67.6. The van der Waals surface area contributed by atoms with Crippen molar-refractivity contribution < 1.29 is 25.1 Å². The summed E-state index contributed by atoms with van der Waals surface area (Å²) in [4.78, 5) is 0. The zero-order valence-electron chi connectivity index (χ0n) is 64.8. The van der Waals surface area contributed by atoms with E-state index in [-0.39, 0.29) is 20.4 Å². The maximum Gasteiger partial charge on any atom is 2.00 e. The van der Waals surface area contributed by atoms with Crippen molar-refractivity contribution in [2.75, 3.05) is 0 Å². The molecule has 3 heteroatoms. The average Bonchev–Trinajstić information content (AvgIpc) is 1.60. The molecule has 0 aliphatic carbocycles. The zero-order valence-corrected chi connectivity index (χ0v) is 66.3. The molecule has 1 heterocycles. The number of hydrogen-bond acceptors (Lipinski definition) is 0. The number of allylic oxidation sites excluding steroid dienone is 4. The van der Waals surface area contributed by atoms with Crippen LogP contribution in [0.4, 0.5) is 0 Å². The number of benzene rings is 2. The van der Waals surface area contributed by atoms with Gasteiger partial charge in [-0.1, -0.05) is 400 Å². The van der Waals surface area contributed by atoms with Crippen LogP contribution in [-0.4, -0.2) is 4.70 Å². The Balaban J connectivity index is 0.00000160. The monoisotopic (exact) mass is 1390 g/mol.